The Morgan fingerprint density at radius 3 is 2.04 bits per heavy atom. The molecule has 19 heteroatoms. The van der Waals surface area contributed by atoms with Crippen molar-refractivity contribution in [2.75, 3.05) is 33.5 Å². The molecule has 0 bridgehead atoms. The van der Waals surface area contributed by atoms with Gasteiger partial charge in [-0.1, -0.05) is 0 Å². The van der Waals surface area contributed by atoms with Crippen molar-refractivity contribution in [1.29, 1.82) is 5.26 Å². The maximum absolute atomic E-state index is 13.9. The Morgan fingerprint density at radius 2 is 1.58 bits per heavy atom. The van der Waals surface area contributed by atoms with E-state index in [0.29, 0.717) is 0 Å². The van der Waals surface area contributed by atoms with Crippen molar-refractivity contribution in [1.82, 2.24) is 14.2 Å². The largest absolute Gasteiger partial charge is 0.438 e. The van der Waals surface area contributed by atoms with E-state index in [-0.39, 0.29) is 44.1 Å². The van der Waals surface area contributed by atoms with Crippen LogP contribution in [0.1, 0.15) is 94.7 Å². The maximum Gasteiger partial charge on any atom is 0.336 e. The number of nitriles is 1. The minimum absolute atomic E-state index is 0.0208. The molecule has 0 spiro atoms. The molecule has 52 heavy (non-hydrogen) atoms. The van der Waals surface area contributed by atoms with Crippen LogP contribution in [-0.4, -0.2) is 90.0 Å². The van der Waals surface area contributed by atoms with Gasteiger partial charge in [0.2, 0.25) is 13.6 Å². The Balaban J connectivity index is 2.41. The number of aromatic amines is 1. The number of methoxy groups -OCH3 is 1. The van der Waals surface area contributed by atoms with E-state index in [2.05, 4.69) is 11.1 Å². The van der Waals surface area contributed by atoms with Gasteiger partial charge < -0.3 is 28.0 Å². The van der Waals surface area contributed by atoms with Gasteiger partial charge in [-0.2, -0.15) is 5.26 Å². The monoisotopic (exact) mass is 778 g/mol. The molecule has 1 aromatic rings. The highest BCUT2D eigenvalue weighted by Crippen LogP contribution is 2.52. The van der Waals surface area contributed by atoms with E-state index in [0.717, 1.165) is 0 Å². The zero-order valence-electron chi connectivity index (χ0n) is 32.1. The number of esters is 2. The molecular formula is C33H56N4O13P2. The summed E-state index contributed by atoms with van der Waals surface area (Å²) >= 11 is 0. The van der Waals surface area contributed by atoms with Crippen molar-refractivity contribution in [2.24, 2.45) is 10.8 Å². The van der Waals surface area contributed by atoms with E-state index < -0.39 is 88.3 Å². The molecule has 1 aliphatic heterocycles. The molecule has 1 aliphatic rings. The van der Waals surface area contributed by atoms with Gasteiger partial charge in [-0.3, -0.25) is 37.5 Å². The van der Waals surface area contributed by atoms with E-state index in [9.17, 15) is 29.0 Å². The predicted octanol–water partition coefficient (Wildman–Crippen LogP) is 5.21. The molecule has 2 rings (SSSR count). The van der Waals surface area contributed by atoms with Gasteiger partial charge in [0.1, 0.15) is 12.2 Å². The number of aromatic nitrogens is 2. The number of hydrogen-bond donors (Lipinski definition) is 1. The lowest BCUT2D eigenvalue weighted by Crippen LogP contribution is -2.41. The minimum atomic E-state index is -4.05. The average molecular weight is 779 g/mol. The molecule has 1 aromatic heterocycles. The highest BCUT2D eigenvalue weighted by Gasteiger charge is 2.49. The second-order valence-electron chi connectivity index (χ2n) is 14.7. The normalized spacial score (nSPS) is 20.3. The first-order valence-electron chi connectivity index (χ1n) is 17.1. The van der Waals surface area contributed by atoms with E-state index in [1.54, 1.807) is 41.5 Å². The summed E-state index contributed by atoms with van der Waals surface area (Å²) in [7, 11) is -4.41. The van der Waals surface area contributed by atoms with Crippen LogP contribution in [-0.2, 0) is 51.2 Å². The molecule has 0 amide bonds. The molecule has 0 aliphatic carbocycles. The standard InChI is InChI=1S/C33H56N4O13P2/c1-22(2)37(23(3)4)51(46-18-13-16-34)50-26-24(49-28(27(26)43-11)36-17-15-25(38)35-31(36)41)14-12-19-52(42,47-20-44-29(39)32(5,6)7)48-21-45-30(40)33(8,9)10/h15,17,22-24,26-28H,12-14,18-21H2,1-11H3,(H,35,38,41)/t24-,26-,27-,28-,51?/m1/s1. The van der Waals surface area contributed by atoms with Gasteiger partial charge in [0.15, 0.2) is 6.23 Å². The summed E-state index contributed by atoms with van der Waals surface area (Å²) in [5.74, 6) is -1.17. The molecular weight excluding hydrogens is 722 g/mol. The number of nitrogens with zero attached hydrogens (tertiary/aromatic N) is 3. The van der Waals surface area contributed by atoms with Gasteiger partial charge in [0.25, 0.3) is 14.1 Å². The molecule has 1 fully saturated rings. The van der Waals surface area contributed by atoms with Crippen molar-refractivity contribution in [2.45, 2.75) is 125 Å². The fraction of sp³-hybridized carbons (Fsp3) is 0.788. The van der Waals surface area contributed by atoms with Crippen molar-refractivity contribution in [3.05, 3.63) is 33.1 Å². The third-order valence-corrected chi connectivity index (χ3v) is 11.6. The van der Waals surface area contributed by atoms with E-state index in [1.165, 1.54) is 23.9 Å². The fourth-order valence-electron chi connectivity index (χ4n) is 4.97. The third-order valence-electron chi connectivity index (χ3n) is 7.58. The van der Waals surface area contributed by atoms with E-state index in [4.69, 9.17) is 37.0 Å². The molecule has 5 atom stereocenters. The number of nitrogens with one attached hydrogen (secondary N) is 1. The van der Waals surface area contributed by atoms with Crippen LogP contribution in [0.4, 0.5) is 0 Å². The molecule has 296 valence electrons. The Labute approximate surface area is 307 Å². The van der Waals surface area contributed by atoms with Crippen LogP contribution in [0.25, 0.3) is 0 Å². The molecule has 1 unspecified atom stereocenters. The van der Waals surface area contributed by atoms with E-state index >= 15 is 0 Å². The maximum atomic E-state index is 13.9. The van der Waals surface area contributed by atoms with Crippen molar-refractivity contribution >= 4 is 28.1 Å². The smallest absolute Gasteiger partial charge is 0.336 e. The van der Waals surface area contributed by atoms with Crippen molar-refractivity contribution in [3.8, 4) is 6.07 Å². The van der Waals surface area contributed by atoms with Crippen LogP contribution >= 0.6 is 16.1 Å². The highest BCUT2D eigenvalue weighted by molar-refractivity contribution is 7.53. The average Bonchev–Trinajstić information content (AvgIpc) is 3.36. The first-order chi connectivity index (χ1) is 24.1. The van der Waals surface area contributed by atoms with Gasteiger partial charge in [0, 0.05) is 31.5 Å². The van der Waals surface area contributed by atoms with Crippen LogP contribution in [0, 0.1) is 22.2 Å². The third kappa shape index (κ3) is 13.7. The Morgan fingerprint density at radius 1 is 1.02 bits per heavy atom. The quantitative estimate of drug-likeness (QED) is 0.0780. The summed E-state index contributed by atoms with van der Waals surface area (Å²) in [6.07, 6.45) is -2.04. The van der Waals surface area contributed by atoms with Gasteiger partial charge in [-0.25, -0.2) is 9.46 Å². The number of ether oxygens (including phenoxy) is 4. The second-order valence-corrected chi connectivity index (χ2v) is 18.3. The van der Waals surface area contributed by atoms with Crippen LogP contribution in [0.5, 0.6) is 0 Å². The van der Waals surface area contributed by atoms with Gasteiger partial charge >= 0.3 is 25.2 Å². The molecule has 1 N–H and O–H groups in total. The number of hydrogen-bond acceptors (Lipinski definition) is 15. The number of carbonyl (C=O) groups is 2. The first-order valence-corrected chi connectivity index (χ1v) is 20.0. The van der Waals surface area contributed by atoms with Gasteiger partial charge in [-0.15, -0.1) is 0 Å². The summed E-state index contributed by atoms with van der Waals surface area (Å²) in [6.45, 7) is 16.6. The van der Waals surface area contributed by atoms with Crippen molar-refractivity contribution in [3.63, 3.8) is 0 Å². The Kier molecular flexibility index (Phi) is 17.8. The zero-order valence-corrected chi connectivity index (χ0v) is 33.9. The second kappa shape index (κ2) is 20.2. The Hall–Kier alpha value is -2.51. The summed E-state index contributed by atoms with van der Waals surface area (Å²) in [5, 5.41) is 9.18. The molecule has 2 heterocycles. The molecule has 0 radical (unpaired) electrons. The van der Waals surface area contributed by atoms with Gasteiger partial charge in [0.05, 0.1) is 42.2 Å². The van der Waals surface area contributed by atoms with Crippen LogP contribution in [0.3, 0.4) is 0 Å². The van der Waals surface area contributed by atoms with Gasteiger partial charge in [-0.05, 0) is 82.1 Å². The molecule has 17 nitrogen and oxygen atoms in total. The lowest BCUT2D eigenvalue weighted by molar-refractivity contribution is -0.162. The Bertz CT molecular complexity index is 1470. The van der Waals surface area contributed by atoms with E-state index in [1.807, 2.05) is 32.4 Å². The lowest BCUT2D eigenvalue weighted by atomic mass is 9.98. The molecule has 0 saturated carbocycles. The molecule has 1 saturated heterocycles. The topological polar surface area (TPSA) is 207 Å². The number of carbonyl (C=O) groups excluding carboxylic acids is 2. The number of H-pyrrole nitrogens is 1. The minimum Gasteiger partial charge on any atom is -0.438 e. The van der Waals surface area contributed by atoms with Crippen LogP contribution < -0.4 is 11.2 Å². The SMILES string of the molecule is CO[C@@H]1[C@H](OP(OCCC#N)N(C(C)C)C(C)C)[C@@H](CCCP(=O)(OCOC(=O)C(C)(C)C)OCOC(=O)C(C)(C)C)O[C@H]1n1ccc(=O)[nH]c1=O. The summed E-state index contributed by atoms with van der Waals surface area (Å²) in [4.78, 5) is 51.6. The summed E-state index contributed by atoms with van der Waals surface area (Å²) < 4.78 is 63.5. The van der Waals surface area contributed by atoms with Crippen LogP contribution in [0.2, 0.25) is 0 Å². The van der Waals surface area contributed by atoms with Crippen LogP contribution in [0.15, 0.2) is 21.9 Å². The predicted molar refractivity (Wildman–Crippen MR) is 191 cm³/mol. The lowest BCUT2D eigenvalue weighted by Gasteiger charge is -2.38. The first kappa shape index (κ1) is 45.6. The fourth-order valence-corrected chi connectivity index (χ4v) is 8.07. The number of rotatable bonds is 20. The van der Waals surface area contributed by atoms with Crippen molar-refractivity contribution < 1.29 is 51.2 Å². The summed E-state index contributed by atoms with van der Waals surface area (Å²) in [6, 6.07) is 3.21. The molecule has 0 aromatic carbocycles. The highest BCUT2D eigenvalue weighted by atomic mass is 31.2. The summed E-state index contributed by atoms with van der Waals surface area (Å²) in [5.41, 5.74) is -3.00. The zero-order chi connectivity index (χ0) is 39.4.